The minimum atomic E-state index is -0.0876. The summed E-state index contributed by atoms with van der Waals surface area (Å²) in [5, 5.41) is 6.52. The van der Waals surface area contributed by atoms with Gasteiger partial charge in [-0.1, -0.05) is 12.8 Å². The Labute approximate surface area is 97.3 Å². The maximum Gasteiger partial charge on any atom is 0.222 e. The zero-order chi connectivity index (χ0) is 11.4. The average Bonchev–Trinajstić information content (AvgIpc) is 2.90. The molecule has 1 heterocycles. The number of carbonyl (C=O) groups is 1. The van der Waals surface area contributed by atoms with Gasteiger partial charge < -0.3 is 16.4 Å². The second kappa shape index (κ2) is 5.15. The van der Waals surface area contributed by atoms with Gasteiger partial charge in [0.05, 0.1) is 5.54 Å². The first-order valence-corrected chi connectivity index (χ1v) is 6.49. The second-order valence-corrected chi connectivity index (χ2v) is 5.24. The van der Waals surface area contributed by atoms with E-state index >= 15 is 0 Å². The lowest BCUT2D eigenvalue weighted by Crippen LogP contribution is -2.52. The fraction of sp³-hybridized carbons (Fsp3) is 0.917. The average molecular weight is 225 g/mol. The van der Waals surface area contributed by atoms with Crippen molar-refractivity contribution in [2.75, 3.05) is 13.1 Å². The van der Waals surface area contributed by atoms with Crippen LogP contribution in [0.25, 0.3) is 0 Å². The van der Waals surface area contributed by atoms with E-state index in [1.54, 1.807) is 0 Å². The molecule has 1 atom stereocenters. The van der Waals surface area contributed by atoms with Gasteiger partial charge in [0, 0.05) is 19.0 Å². The van der Waals surface area contributed by atoms with Crippen LogP contribution in [0.2, 0.25) is 0 Å². The molecule has 4 N–H and O–H groups in total. The Morgan fingerprint density at radius 1 is 1.38 bits per heavy atom. The normalized spacial score (nSPS) is 28.2. The first-order chi connectivity index (χ1) is 7.74. The molecular formula is C12H23N3O. The fourth-order valence-electron chi connectivity index (χ4n) is 2.93. The van der Waals surface area contributed by atoms with Crippen LogP contribution in [0.15, 0.2) is 0 Å². The Morgan fingerprint density at radius 3 is 2.69 bits per heavy atom. The maximum atomic E-state index is 11.9. The maximum absolute atomic E-state index is 11.9. The molecule has 0 aromatic heterocycles. The topological polar surface area (TPSA) is 67.1 Å². The molecule has 1 saturated carbocycles. The summed E-state index contributed by atoms with van der Waals surface area (Å²) < 4.78 is 0. The molecular weight excluding hydrogens is 202 g/mol. The van der Waals surface area contributed by atoms with E-state index in [-0.39, 0.29) is 11.4 Å². The highest BCUT2D eigenvalue weighted by atomic mass is 16.1. The van der Waals surface area contributed by atoms with Crippen LogP contribution in [0.3, 0.4) is 0 Å². The third kappa shape index (κ3) is 2.74. The Hall–Kier alpha value is -0.610. The van der Waals surface area contributed by atoms with Crippen molar-refractivity contribution in [2.24, 2.45) is 5.73 Å². The summed E-state index contributed by atoms with van der Waals surface area (Å²) >= 11 is 0. The summed E-state index contributed by atoms with van der Waals surface area (Å²) in [4.78, 5) is 11.9. The van der Waals surface area contributed by atoms with E-state index in [4.69, 9.17) is 5.73 Å². The van der Waals surface area contributed by atoms with E-state index in [2.05, 4.69) is 10.6 Å². The van der Waals surface area contributed by atoms with Gasteiger partial charge in [0.25, 0.3) is 0 Å². The molecule has 2 aliphatic rings. The lowest BCUT2D eigenvalue weighted by atomic mass is 9.97. The van der Waals surface area contributed by atoms with E-state index in [1.165, 1.54) is 19.3 Å². The van der Waals surface area contributed by atoms with E-state index < -0.39 is 0 Å². The van der Waals surface area contributed by atoms with Crippen LogP contribution < -0.4 is 16.4 Å². The largest absolute Gasteiger partial charge is 0.349 e. The SMILES string of the molecule is NCC1(NC(=O)CC2CCCN2)CCCC1. The molecule has 0 radical (unpaired) electrons. The van der Waals surface area contributed by atoms with Crippen LogP contribution in [0.4, 0.5) is 0 Å². The van der Waals surface area contributed by atoms with Gasteiger partial charge in [-0.2, -0.15) is 0 Å². The van der Waals surface area contributed by atoms with Gasteiger partial charge in [0.1, 0.15) is 0 Å². The number of rotatable bonds is 4. The predicted molar refractivity (Wildman–Crippen MR) is 64.0 cm³/mol. The first kappa shape index (κ1) is 11.9. The second-order valence-electron chi connectivity index (χ2n) is 5.24. The molecule has 1 unspecified atom stereocenters. The van der Waals surface area contributed by atoms with Crippen molar-refractivity contribution in [3.05, 3.63) is 0 Å². The van der Waals surface area contributed by atoms with Crippen molar-refractivity contribution in [1.82, 2.24) is 10.6 Å². The van der Waals surface area contributed by atoms with Gasteiger partial charge >= 0.3 is 0 Å². The van der Waals surface area contributed by atoms with Crippen molar-refractivity contribution in [2.45, 2.75) is 56.5 Å². The highest BCUT2D eigenvalue weighted by molar-refractivity contribution is 5.77. The number of carbonyl (C=O) groups excluding carboxylic acids is 1. The molecule has 1 saturated heterocycles. The van der Waals surface area contributed by atoms with Gasteiger partial charge in [-0.25, -0.2) is 0 Å². The van der Waals surface area contributed by atoms with E-state index in [9.17, 15) is 4.79 Å². The van der Waals surface area contributed by atoms with Crippen LogP contribution in [0, 0.1) is 0 Å². The summed E-state index contributed by atoms with van der Waals surface area (Å²) in [6.45, 7) is 1.64. The summed E-state index contributed by atoms with van der Waals surface area (Å²) in [5.74, 6) is 0.173. The van der Waals surface area contributed by atoms with Crippen molar-refractivity contribution in [3.8, 4) is 0 Å². The molecule has 1 aliphatic heterocycles. The summed E-state index contributed by atoms with van der Waals surface area (Å²) in [5.41, 5.74) is 5.71. The predicted octanol–water partition coefficient (Wildman–Crippen LogP) is 0.516. The monoisotopic (exact) mass is 225 g/mol. The molecule has 0 bridgehead atoms. The van der Waals surface area contributed by atoms with E-state index in [0.717, 1.165) is 25.8 Å². The molecule has 0 aromatic carbocycles. The molecule has 1 aliphatic carbocycles. The van der Waals surface area contributed by atoms with Crippen LogP contribution in [-0.2, 0) is 4.79 Å². The highest BCUT2D eigenvalue weighted by Crippen LogP contribution is 2.28. The molecule has 4 nitrogen and oxygen atoms in total. The van der Waals surface area contributed by atoms with Gasteiger partial charge in [-0.05, 0) is 32.2 Å². The number of hydrogen-bond acceptors (Lipinski definition) is 3. The Kier molecular flexibility index (Phi) is 3.82. The van der Waals surface area contributed by atoms with Crippen molar-refractivity contribution in [1.29, 1.82) is 0 Å². The smallest absolute Gasteiger partial charge is 0.222 e. The molecule has 0 aromatic rings. The van der Waals surface area contributed by atoms with Crippen LogP contribution in [0.5, 0.6) is 0 Å². The number of nitrogens with two attached hydrogens (primary N) is 1. The summed E-state index contributed by atoms with van der Waals surface area (Å²) in [6.07, 6.45) is 7.42. The molecule has 16 heavy (non-hydrogen) atoms. The highest BCUT2D eigenvalue weighted by Gasteiger charge is 2.34. The number of nitrogens with one attached hydrogen (secondary N) is 2. The minimum Gasteiger partial charge on any atom is -0.349 e. The third-order valence-corrected chi connectivity index (χ3v) is 3.95. The molecule has 2 rings (SSSR count). The number of hydrogen-bond donors (Lipinski definition) is 3. The fourth-order valence-corrected chi connectivity index (χ4v) is 2.93. The van der Waals surface area contributed by atoms with Gasteiger partial charge in [-0.3, -0.25) is 4.79 Å². The Bertz CT molecular complexity index is 243. The zero-order valence-corrected chi connectivity index (χ0v) is 9.93. The quantitative estimate of drug-likeness (QED) is 0.653. The first-order valence-electron chi connectivity index (χ1n) is 6.49. The third-order valence-electron chi connectivity index (χ3n) is 3.95. The molecule has 4 heteroatoms. The molecule has 0 spiro atoms. The molecule has 2 fully saturated rings. The standard InChI is InChI=1S/C12H23N3O/c13-9-12(5-1-2-6-12)15-11(16)8-10-4-3-7-14-10/h10,14H,1-9,13H2,(H,15,16). The number of amides is 1. The van der Waals surface area contributed by atoms with Gasteiger partial charge in [-0.15, -0.1) is 0 Å². The van der Waals surface area contributed by atoms with Gasteiger partial charge in [0.15, 0.2) is 0 Å². The van der Waals surface area contributed by atoms with Gasteiger partial charge in [0.2, 0.25) is 5.91 Å². The lowest BCUT2D eigenvalue weighted by Gasteiger charge is -2.29. The van der Waals surface area contributed by atoms with Crippen molar-refractivity contribution < 1.29 is 4.79 Å². The Morgan fingerprint density at radius 2 is 2.12 bits per heavy atom. The molecule has 92 valence electrons. The summed E-state index contributed by atoms with van der Waals surface area (Å²) in [7, 11) is 0. The van der Waals surface area contributed by atoms with Crippen molar-refractivity contribution >= 4 is 5.91 Å². The summed E-state index contributed by atoms with van der Waals surface area (Å²) in [6, 6.07) is 0.385. The van der Waals surface area contributed by atoms with E-state index in [0.29, 0.717) is 19.0 Å². The Balaban J connectivity index is 1.80. The minimum absolute atomic E-state index is 0.0876. The zero-order valence-electron chi connectivity index (χ0n) is 9.93. The van der Waals surface area contributed by atoms with Crippen LogP contribution in [0.1, 0.15) is 44.9 Å². The lowest BCUT2D eigenvalue weighted by molar-refractivity contribution is -0.123. The van der Waals surface area contributed by atoms with Crippen LogP contribution >= 0.6 is 0 Å². The van der Waals surface area contributed by atoms with Crippen LogP contribution in [-0.4, -0.2) is 30.6 Å². The molecule has 1 amide bonds. The van der Waals surface area contributed by atoms with E-state index in [1.807, 2.05) is 0 Å². The van der Waals surface area contributed by atoms with Crippen molar-refractivity contribution in [3.63, 3.8) is 0 Å².